The third kappa shape index (κ3) is 3.81. The van der Waals surface area contributed by atoms with Crippen molar-refractivity contribution >= 4 is 32.9 Å². The second kappa shape index (κ2) is 7.59. The third-order valence-corrected chi connectivity index (χ3v) is 4.79. The molecule has 9 heteroatoms. The molecule has 29 heavy (non-hydrogen) atoms. The Balaban J connectivity index is 1.82. The summed E-state index contributed by atoms with van der Waals surface area (Å²) in [5, 5.41) is 17.2. The van der Waals surface area contributed by atoms with Crippen molar-refractivity contribution in [1.82, 2.24) is 15.2 Å². The lowest BCUT2D eigenvalue weighted by Crippen LogP contribution is -2.02. The summed E-state index contributed by atoms with van der Waals surface area (Å²) in [5.41, 5.74) is 2.48. The van der Waals surface area contributed by atoms with Crippen LogP contribution < -0.4 is 4.74 Å². The van der Waals surface area contributed by atoms with Gasteiger partial charge < -0.3 is 9.84 Å². The van der Waals surface area contributed by atoms with Crippen LogP contribution in [0.4, 0.5) is 8.78 Å². The molecule has 2 N–H and O–H groups in total. The number of pyridine rings is 1. The average Bonchev–Trinajstić information content (AvgIpc) is 3.12. The minimum Gasteiger partial charge on any atom is -0.478 e. The number of rotatable bonds is 5. The maximum Gasteiger partial charge on any atom is 0.387 e. The van der Waals surface area contributed by atoms with Crippen molar-refractivity contribution in [1.29, 1.82) is 0 Å². The van der Waals surface area contributed by atoms with E-state index in [0.29, 0.717) is 22.3 Å². The molecule has 0 amide bonds. The zero-order valence-corrected chi connectivity index (χ0v) is 16.2. The SMILES string of the molecule is O=C(O)c1cc(-c2ccc(OC(F)F)cc2)nc2n[nH]c(-c3ccc(Br)cc3)c12. The van der Waals surface area contributed by atoms with E-state index in [-0.39, 0.29) is 17.0 Å². The molecule has 2 aromatic heterocycles. The molecule has 0 spiro atoms. The Morgan fingerprint density at radius 3 is 2.34 bits per heavy atom. The number of carbonyl (C=O) groups is 1. The van der Waals surface area contributed by atoms with Gasteiger partial charge in [0.1, 0.15) is 5.75 Å². The number of aromatic nitrogens is 3. The summed E-state index contributed by atoms with van der Waals surface area (Å²) in [6, 6.07) is 14.6. The predicted molar refractivity (Wildman–Crippen MR) is 106 cm³/mol. The van der Waals surface area contributed by atoms with Gasteiger partial charge in [0.2, 0.25) is 0 Å². The van der Waals surface area contributed by atoms with E-state index in [0.717, 1.165) is 10.0 Å². The first-order chi connectivity index (χ1) is 13.9. The Hall–Kier alpha value is -3.33. The summed E-state index contributed by atoms with van der Waals surface area (Å²) in [5.74, 6) is -1.13. The molecule has 0 aliphatic heterocycles. The number of benzene rings is 2. The Morgan fingerprint density at radius 1 is 1.07 bits per heavy atom. The van der Waals surface area contributed by atoms with E-state index in [4.69, 9.17) is 0 Å². The lowest BCUT2D eigenvalue weighted by molar-refractivity contribution is -0.0498. The lowest BCUT2D eigenvalue weighted by Gasteiger charge is -2.07. The van der Waals surface area contributed by atoms with Crippen molar-refractivity contribution < 1.29 is 23.4 Å². The molecule has 0 bridgehead atoms. The van der Waals surface area contributed by atoms with E-state index in [2.05, 4.69) is 35.8 Å². The molecule has 0 saturated heterocycles. The fraction of sp³-hybridized carbons (Fsp3) is 0.0500. The summed E-state index contributed by atoms with van der Waals surface area (Å²) >= 11 is 3.37. The van der Waals surface area contributed by atoms with Crippen molar-refractivity contribution in [2.75, 3.05) is 0 Å². The van der Waals surface area contributed by atoms with E-state index >= 15 is 0 Å². The number of hydrogen-bond acceptors (Lipinski definition) is 4. The van der Waals surface area contributed by atoms with Gasteiger partial charge >= 0.3 is 12.6 Å². The van der Waals surface area contributed by atoms with Gasteiger partial charge in [-0.15, -0.1) is 0 Å². The van der Waals surface area contributed by atoms with Crippen LogP contribution in [0.15, 0.2) is 59.1 Å². The molecule has 0 aliphatic carbocycles. The molecule has 0 radical (unpaired) electrons. The summed E-state index contributed by atoms with van der Waals surface area (Å²) in [7, 11) is 0. The Kier molecular flexibility index (Phi) is 4.98. The number of fused-ring (bicyclic) bond motifs is 1. The normalized spacial score (nSPS) is 11.2. The molecular formula is C20H12BrF2N3O3. The Bertz CT molecular complexity index is 1190. The van der Waals surface area contributed by atoms with Crippen molar-refractivity contribution in [2.24, 2.45) is 0 Å². The molecule has 146 valence electrons. The van der Waals surface area contributed by atoms with Crippen LogP contribution >= 0.6 is 15.9 Å². The monoisotopic (exact) mass is 459 g/mol. The molecule has 0 atom stereocenters. The number of alkyl halides is 2. The highest BCUT2D eigenvalue weighted by molar-refractivity contribution is 9.10. The predicted octanol–water partition coefficient (Wildman–Crippen LogP) is 5.35. The summed E-state index contributed by atoms with van der Waals surface area (Å²) in [4.78, 5) is 16.4. The summed E-state index contributed by atoms with van der Waals surface area (Å²) < 4.78 is 29.8. The van der Waals surface area contributed by atoms with Crippen LogP contribution in [0.5, 0.6) is 5.75 Å². The standard InChI is InChI=1S/C20H12BrF2N3O3/c21-12-5-1-11(2-6-12)17-16-14(19(27)28)9-15(24-18(16)26-25-17)10-3-7-13(8-4-10)29-20(22)23/h1-9,20H,(H,27,28)(H,24,25,26). The highest BCUT2D eigenvalue weighted by atomic mass is 79.9. The van der Waals surface area contributed by atoms with Gasteiger partial charge in [-0.2, -0.15) is 13.9 Å². The molecule has 4 aromatic rings. The number of ether oxygens (including phenoxy) is 1. The van der Waals surface area contributed by atoms with Gasteiger partial charge in [-0.05, 0) is 42.5 Å². The number of nitrogens with zero attached hydrogens (tertiary/aromatic N) is 2. The Morgan fingerprint density at radius 2 is 1.72 bits per heavy atom. The average molecular weight is 460 g/mol. The summed E-state index contributed by atoms with van der Waals surface area (Å²) in [6.07, 6.45) is 0. The molecule has 4 rings (SSSR count). The Labute approximate surface area is 171 Å². The molecule has 0 unspecified atom stereocenters. The fourth-order valence-corrected chi connectivity index (χ4v) is 3.24. The van der Waals surface area contributed by atoms with Crippen LogP contribution in [0.3, 0.4) is 0 Å². The molecule has 2 aromatic carbocycles. The van der Waals surface area contributed by atoms with E-state index < -0.39 is 12.6 Å². The second-order valence-corrected chi connectivity index (χ2v) is 6.98. The van der Waals surface area contributed by atoms with Crippen LogP contribution in [-0.2, 0) is 0 Å². The van der Waals surface area contributed by atoms with Gasteiger partial charge in [-0.25, -0.2) is 9.78 Å². The highest BCUT2D eigenvalue weighted by Gasteiger charge is 2.20. The number of aromatic amines is 1. The van der Waals surface area contributed by atoms with Crippen molar-refractivity contribution in [3.05, 3.63) is 64.6 Å². The van der Waals surface area contributed by atoms with Gasteiger partial charge in [-0.1, -0.05) is 28.1 Å². The minimum absolute atomic E-state index is 0.000537. The molecular weight excluding hydrogens is 448 g/mol. The first kappa shape index (κ1) is 19.0. The topological polar surface area (TPSA) is 88.1 Å². The van der Waals surface area contributed by atoms with E-state index in [1.807, 2.05) is 24.3 Å². The number of carboxylic acids is 1. The zero-order valence-electron chi connectivity index (χ0n) is 14.6. The van der Waals surface area contributed by atoms with Gasteiger partial charge in [0.05, 0.1) is 22.3 Å². The van der Waals surface area contributed by atoms with Crippen molar-refractivity contribution in [3.8, 4) is 28.3 Å². The molecule has 0 saturated carbocycles. The number of nitrogens with one attached hydrogen (secondary N) is 1. The van der Waals surface area contributed by atoms with Gasteiger partial charge in [0, 0.05) is 15.6 Å². The van der Waals surface area contributed by atoms with E-state index in [1.165, 1.54) is 30.3 Å². The first-order valence-corrected chi connectivity index (χ1v) is 9.15. The van der Waals surface area contributed by atoms with Crippen molar-refractivity contribution in [3.63, 3.8) is 0 Å². The lowest BCUT2D eigenvalue weighted by atomic mass is 10.0. The van der Waals surface area contributed by atoms with Crippen molar-refractivity contribution in [2.45, 2.75) is 6.61 Å². The molecule has 0 aliphatic rings. The maximum absolute atomic E-state index is 12.3. The van der Waals surface area contributed by atoms with Crippen LogP contribution in [0.2, 0.25) is 0 Å². The summed E-state index contributed by atoms with van der Waals surface area (Å²) in [6.45, 7) is -2.92. The quantitative estimate of drug-likeness (QED) is 0.419. The third-order valence-electron chi connectivity index (χ3n) is 4.26. The van der Waals surface area contributed by atoms with Gasteiger partial charge in [0.15, 0.2) is 5.65 Å². The molecule has 6 nitrogen and oxygen atoms in total. The highest BCUT2D eigenvalue weighted by Crippen LogP contribution is 2.32. The second-order valence-electron chi connectivity index (χ2n) is 6.07. The number of carboxylic acid groups (broad SMARTS) is 1. The number of aromatic carboxylic acids is 1. The van der Waals surface area contributed by atoms with Gasteiger partial charge in [-0.3, -0.25) is 5.10 Å². The minimum atomic E-state index is -2.92. The van der Waals surface area contributed by atoms with Crippen LogP contribution in [-0.4, -0.2) is 32.9 Å². The van der Waals surface area contributed by atoms with Crippen LogP contribution in [0, 0.1) is 0 Å². The smallest absolute Gasteiger partial charge is 0.387 e. The number of H-pyrrole nitrogens is 1. The molecule has 2 heterocycles. The zero-order chi connectivity index (χ0) is 20.5. The van der Waals surface area contributed by atoms with Crippen LogP contribution in [0.1, 0.15) is 10.4 Å². The first-order valence-electron chi connectivity index (χ1n) is 8.36. The van der Waals surface area contributed by atoms with Gasteiger partial charge in [0.25, 0.3) is 0 Å². The number of hydrogen-bond donors (Lipinski definition) is 2. The largest absolute Gasteiger partial charge is 0.478 e. The van der Waals surface area contributed by atoms with E-state index in [9.17, 15) is 18.7 Å². The van der Waals surface area contributed by atoms with Crippen LogP contribution in [0.25, 0.3) is 33.5 Å². The molecule has 0 fully saturated rings. The van der Waals surface area contributed by atoms with E-state index in [1.54, 1.807) is 0 Å². The fourth-order valence-electron chi connectivity index (χ4n) is 2.97. The number of halogens is 3. The maximum atomic E-state index is 12.3.